The molecule has 1 unspecified atom stereocenters. The first-order valence-corrected chi connectivity index (χ1v) is 4.94. The highest BCUT2D eigenvalue weighted by molar-refractivity contribution is 9.09. The monoisotopic (exact) mass is 253 g/mol. The van der Waals surface area contributed by atoms with E-state index >= 15 is 0 Å². The van der Waals surface area contributed by atoms with E-state index in [9.17, 15) is 9.59 Å². The van der Waals surface area contributed by atoms with Crippen molar-refractivity contribution in [1.82, 2.24) is 5.32 Å². The number of carboxylic acid groups (broad SMARTS) is 2. The zero-order valence-electron chi connectivity index (χ0n) is 6.99. The molecule has 0 bridgehead atoms. The second kappa shape index (κ2) is 6.85. The molecule has 0 amide bonds. The number of halogens is 1. The number of hydrogen-bond donors (Lipinski definition) is 3. The summed E-state index contributed by atoms with van der Waals surface area (Å²) in [4.78, 5) is 20.7. The Kier molecular flexibility index (Phi) is 6.52. The highest BCUT2D eigenvalue weighted by atomic mass is 79.9. The Balaban J connectivity index is 3.80. The van der Waals surface area contributed by atoms with Gasteiger partial charge in [0.1, 0.15) is 6.04 Å². The van der Waals surface area contributed by atoms with Crippen molar-refractivity contribution in [3.05, 3.63) is 0 Å². The summed E-state index contributed by atoms with van der Waals surface area (Å²) in [5.41, 5.74) is 0. The number of aliphatic carboxylic acids is 2. The summed E-state index contributed by atoms with van der Waals surface area (Å²) in [5, 5.41) is 20.1. The Labute approximate surface area is 84.3 Å². The van der Waals surface area contributed by atoms with Gasteiger partial charge in [-0.05, 0) is 12.8 Å². The third kappa shape index (κ3) is 6.53. The molecule has 1 atom stereocenters. The van der Waals surface area contributed by atoms with Gasteiger partial charge in [-0.3, -0.25) is 14.9 Å². The molecule has 0 radical (unpaired) electrons. The maximum absolute atomic E-state index is 10.5. The Morgan fingerprint density at radius 3 is 2.38 bits per heavy atom. The van der Waals surface area contributed by atoms with Crippen molar-refractivity contribution in [2.45, 2.75) is 18.9 Å². The Morgan fingerprint density at radius 1 is 1.38 bits per heavy atom. The number of nitrogens with one attached hydrogen (secondary N) is 1. The number of alkyl halides is 1. The number of carbonyl (C=O) groups is 2. The van der Waals surface area contributed by atoms with Crippen LogP contribution in [-0.2, 0) is 9.59 Å². The lowest BCUT2D eigenvalue weighted by Gasteiger charge is -2.11. The number of carboxylic acids is 2. The van der Waals surface area contributed by atoms with Gasteiger partial charge in [0, 0.05) is 5.33 Å². The van der Waals surface area contributed by atoms with Crippen LogP contribution in [0.2, 0.25) is 0 Å². The summed E-state index contributed by atoms with van der Waals surface area (Å²) < 4.78 is 0. The van der Waals surface area contributed by atoms with Gasteiger partial charge in [0.2, 0.25) is 0 Å². The topological polar surface area (TPSA) is 86.6 Å². The SMILES string of the molecule is O=C(O)CNC(CCCBr)C(=O)O. The predicted molar refractivity (Wildman–Crippen MR) is 50.1 cm³/mol. The average molecular weight is 254 g/mol. The molecular weight excluding hydrogens is 242 g/mol. The van der Waals surface area contributed by atoms with E-state index in [1.165, 1.54) is 0 Å². The summed E-state index contributed by atoms with van der Waals surface area (Å²) in [7, 11) is 0. The molecule has 6 heteroatoms. The van der Waals surface area contributed by atoms with Crippen LogP contribution in [0.25, 0.3) is 0 Å². The van der Waals surface area contributed by atoms with Crippen molar-refractivity contribution in [2.24, 2.45) is 0 Å². The minimum Gasteiger partial charge on any atom is -0.480 e. The number of rotatable bonds is 7. The first-order chi connectivity index (χ1) is 6.07. The van der Waals surface area contributed by atoms with Gasteiger partial charge in [-0.1, -0.05) is 15.9 Å². The standard InChI is InChI=1S/C7H12BrNO4/c8-3-1-2-5(7(12)13)9-4-6(10)11/h5,9H,1-4H2,(H,10,11)(H,12,13). The molecule has 0 heterocycles. The van der Waals surface area contributed by atoms with E-state index in [1.807, 2.05) is 0 Å². The molecule has 0 saturated carbocycles. The van der Waals surface area contributed by atoms with Gasteiger partial charge in [-0.2, -0.15) is 0 Å². The highest BCUT2D eigenvalue weighted by Gasteiger charge is 2.16. The fourth-order valence-electron chi connectivity index (χ4n) is 0.805. The first kappa shape index (κ1) is 12.4. The molecule has 0 aromatic rings. The van der Waals surface area contributed by atoms with Gasteiger partial charge in [0.15, 0.2) is 0 Å². The third-order valence-electron chi connectivity index (χ3n) is 1.42. The summed E-state index contributed by atoms with van der Waals surface area (Å²) in [6.07, 6.45) is 1.12. The highest BCUT2D eigenvalue weighted by Crippen LogP contribution is 2.00. The maximum atomic E-state index is 10.5. The van der Waals surface area contributed by atoms with Crippen LogP contribution in [0.4, 0.5) is 0 Å². The molecule has 0 aromatic heterocycles. The van der Waals surface area contributed by atoms with Crippen LogP contribution in [0.3, 0.4) is 0 Å². The van der Waals surface area contributed by atoms with E-state index in [-0.39, 0.29) is 6.54 Å². The Bertz CT molecular complexity index is 185. The average Bonchev–Trinajstić information content (AvgIpc) is 2.03. The van der Waals surface area contributed by atoms with Crippen molar-refractivity contribution < 1.29 is 19.8 Å². The molecule has 0 aliphatic heterocycles. The van der Waals surface area contributed by atoms with E-state index < -0.39 is 18.0 Å². The molecule has 0 aromatic carbocycles. The third-order valence-corrected chi connectivity index (χ3v) is 1.98. The summed E-state index contributed by atoms with van der Waals surface area (Å²) >= 11 is 3.17. The van der Waals surface area contributed by atoms with E-state index in [0.29, 0.717) is 18.2 Å². The van der Waals surface area contributed by atoms with Crippen molar-refractivity contribution >= 4 is 27.9 Å². The van der Waals surface area contributed by atoms with Crippen LogP contribution >= 0.6 is 15.9 Å². The number of hydrogen-bond acceptors (Lipinski definition) is 3. The van der Waals surface area contributed by atoms with Crippen molar-refractivity contribution in [3.63, 3.8) is 0 Å². The molecule has 3 N–H and O–H groups in total. The van der Waals surface area contributed by atoms with Gasteiger partial charge in [0.25, 0.3) is 0 Å². The Morgan fingerprint density at radius 2 is 2.00 bits per heavy atom. The summed E-state index contributed by atoms with van der Waals surface area (Å²) in [6.45, 7) is -0.320. The fourth-order valence-corrected chi connectivity index (χ4v) is 1.13. The summed E-state index contributed by atoms with van der Waals surface area (Å²) in [5.74, 6) is -2.06. The van der Waals surface area contributed by atoms with Gasteiger partial charge < -0.3 is 10.2 Å². The smallest absolute Gasteiger partial charge is 0.320 e. The van der Waals surface area contributed by atoms with Crippen LogP contribution in [0, 0.1) is 0 Å². The largest absolute Gasteiger partial charge is 0.480 e. The van der Waals surface area contributed by atoms with Crippen molar-refractivity contribution in [1.29, 1.82) is 0 Å². The van der Waals surface area contributed by atoms with E-state index in [1.54, 1.807) is 0 Å². The molecule has 5 nitrogen and oxygen atoms in total. The molecule has 0 rings (SSSR count). The molecule has 13 heavy (non-hydrogen) atoms. The molecule has 0 aliphatic carbocycles. The molecule has 0 saturated heterocycles. The van der Waals surface area contributed by atoms with Crippen molar-refractivity contribution in [2.75, 3.05) is 11.9 Å². The van der Waals surface area contributed by atoms with Gasteiger partial charge in [-0.15, -0.1) is 0 Å². The lowest BCUT2D eigenvalue weighted by molar-refractivity contribution is -0.140. The molecular formula is C7H12BrNO4. The quantitative estimate of drug-likeness (QED) is 0.568. The lowest BCUT2D eigenvalue weighted by Crippen LogP contribution is -2.39. The van der Waals surface area contributed by atoms with Crippen LogP contribution in [-0.4, -0.2) is 40.1 Å². The van der Waals surface area contributed by atoms with E-state index in [0.717, 1.165) is 0 Å². The Hall–Kier alpha value is -0.620. The zero-order valence-corrected chi connectivity index (χ0v) is 8.58. The van der Waals surface area contributed by atoms with E-state index in [4.69, 9.17) is 10.2 Å². The van der Waals surface area contributed by atoms with E-state index in [2.05, 4.69) is 21.2 Å². The zero-order chi connectivity index (χ0) is 10.3. The van der Waals surface area contributed by atoms with Crippen molar-refractivity contribution in [3.8, 4) is 0 Å². The molecule has 76 valence electrons. The van der Waals surface area contributed by atoms with Gasteiger partial charge in [0.05, 0.1) is 6.54 Å². The molecule has 0 aliphatic rings. The minimum absolute atomic E-state index is 0.320. The van der Waals surface area contributed by atoms with Gasteiger partial charge in [-0.25, -0.2) is 0 Å². The van der Waals surface area contributed by atoms with Crippen LogP contribution in [0.1, 0.15) is 12.8 Å². The lowest BCUT2D eigenvalue weighted by atomic mass is 10.2. The van der Waals surface area contributed by atoms with Crippen LogP contribution in [0.5, 0.6) is 0 Å². The predicted octanol–water partition coefficient (Wildman–Crippen LogP) is 0.289. The fraction of sp³-hybridized carbons (Fsp3) is 0.714. The summed E-state index contributed by atoms with van der Waals surface area (Å²) in [6, 6.07) is -0.770. The maximum Gasteiger partial charge on any atom is 0.320 e. The van der Waals surface area contributed by atoms with Crippen LogP contribution in [0.15, 0.2) is 0 Å². The second-order valence-corrected chi connectivity index (χ2v) is 3.29. The second-order valence-electron chi connectivity index (χ2n) is 2.50. The minimum atomic E-state index is -1.05. The molecule has 0 spiro atoms. The van der Waals surface area contributed by atoms with Crippen LogP contribution < -0.4 is 5.32 Å². The molecule has 0 fully saturated rings. The van der Waals surface area contributed by atoms with Gasteiger partial charge >= 0.3 is 11.9 Å². The first-order valence-electron chi connectivity index (χ1n) is 3.82. The normalized spacial score (nSPS) is 12.4.